The minimum atomic E-state index is -0.533. The molecule has 0 saturated heterocycles. The average molecular weight is 367 g/mol. The molecule has 0 spiro atoms. The van der Waals surface area contributed by atoms with E-state index in [-0.39, 0.29) is 23.1 Å². The molecule has 3 rings (SSSR count). The zero-order valence-electron chi connectivity index (χ0n) is 15.4. The van der Waals surface area contributed by atoms with Crippen molar-refractivity contribution in [2.24, 2.45) is 0 Å². The van der Waals surface area contributed by atoms with Crippen LogP contribution in [0.2, 0.25) is 0 Å². The Kier molecular flexibility index (Phi) is 4.61. The molecule has 0 saturated carbocycles. The van der Waals surface area contributed by atoms with Crippen molar-refractivity contribution in [1.29, 1.82) is 0 Å². The van der Waals surface area contributed by atoms with Gasteiger partial charge < -0.3 is 0 Å². The number of carbonyl (C=O) groups excluding carboxylic acids is 3. The number of ketones is 1. The van der Waals surface area contributed by atoms with Crippen LogP contribution in [0.15, 0.2) is 36.5 Å². The highest BCUT2D eigenvalue weighted by Gasteiger charge is 2.27. The van der Waals surface area contributed by atoms with Gasteiger partial charge in [-0.2, -0.15) is 0 Å². The smallest absolute Gasteiger partial charge is 0.231 e. The van der Waals surface area contributed by atoms with Crippen molar-refractivity contribution in [2.75, 3.05) is 4.90 Å². The van der Waals surface area contributed by atoms with Gasteiger partial charge in [0.1, 0.15) is 17.2 Å². The zero-order chi connectivity index (χ0) is 19.9. The fraction of sp³-hybridized carbons (Fsp3) is 0.200. The van der Waals surface area contributed by atoms with E-state index in [2.05, 4.69) is 4.98 Å². The fourth-order valence-corrected chi connectivity index (χ4v) is 3.11. The molecule has 0 radical (unpaired) electrons. The molecule has 7 heteroatoms. The second-order valence-electron chi connectivity index (χ2n) is 6.27. The SMILES string of the molecule is CC(=O)c1c(N(C(C)=O)C(C)=O)nc2ccc(-c3cccc(F)c3C)cn12. The van der Waals surface area contributed by atoms with Crippen LogP contribution in [0.25, 0.3) is 16.8 Å². The third-order valence-corrected chi connectivity index (χ3v) is 4.35. The van der Waals surface area contributed by atoms with Gasteiger partial charge in [-0.3, -0.25) is 18.8 Å². The van der Waals surface area contributed by atoms with Gasteiger partial charge in [0.2, 0.25) is 11.8 Å². The molecular weight excluding hydrogens is 349 g/mol. The van der Waals surface area contributed by atoms with Gasteiger partial charge in [0.25, 0.3) is 0 Å². The summed E-state index contributed by atoms with van der Waals surface area (Å²) in [5.74, 6) is -1.75. The molecular formula is C20H18FN3O3. The second-order valence-corrected chi connectivity index (χ2v) is 6.27. The Hall–Kier alpha value is -3.35. The molecule has 6 nitrogen and oxygen atoms in total. The van der Waals surface area contributed by atoms with E-state index in [0.717, 1.165) is 4.90 Å². The summed E-state index contributed by atoms with van der Waals surface area (Å²) >= 11 is 0. The molecule has 2 heterocycles. The molecule has 0 bridgehead atoms. The maximum absolute atomic E-state index is 13.9. The number of carbonyl (C=O) groups is 3. The number of rotatable bonds is 3. The van der Waals surface area contributed by atoms with E-state index >= 15 is 0 Å². The summed E-state index contributed by atoms with van der Waals surface area (Å²) in [5.41, 5.74) is 2.36. The van der Waals surface area contributed by atoms with Crippen molar-refractivity contribution in [3.63, 3.8) is 0 Å². The molecule has 0 aliphatic carbocycles. The van der Waals surface area contributed by atoms with Crippen molar-refractivity contribution >= 4 is 29.1 Å². The quantitative estimate of drug-likeness (QED) is 0.664. The summed E-state index contributed by atoms with van der Waals surface area (Å²) in [5, 5.41) is 0. The van der Waals surface area contributed by atoms with Gasteiger partial charge in [-0.1, -0.05) is 12.1 Å². The van der Waals surface area contributed by atoms with Gasteiger partial charge in [0.05, 0.1) is 0 Å². The lowest BCUT2D eigenvalue weighted by atomic mass is 10.0. The Morgan fingerprint density at radius 3 is 2.30 bits per heavy atom. The minimum Gasteiger partial charge on any atom is -0.295 e. The molecule has 1 aromatic carbocycles. The Morgan fingerprint density at radius 1 is 1.04 bits per heavy atom. The summed E-state index contributed by atoms with van der Waals surface area (Å²) in [7, 11) is 0. The first kappa shape index (κ1) is 18.4. The van der Waals surface area contributed by atoms with Gasteiger partial charge in [-0.05, 0) is 41.8 Å². The molecule has 0 aliphatic rings. The van der Waals surface area contributed by atoms with Crippen molar-refractivity contribution in [3.05, 3.63) is 53.6 Å². The number of pyridine rings is 1. The van der Waals surface area contributed by atoms with E-state index in [0.29, 0.717) is 22.3 Å². The van der Waals surface area contributed by atoms with E-state index in [1.54, 1.807) is 37.4 Å². The number of imide groups is 1. The third kappa shape index (κ3) is 3.12. The molecule has 0 fully saturated rings. The monoisotopic (exact) mass is 367 g/mol. The molecule has 2 aromatic heterocycles. The molecule has 0 aliphatic heterocycles. The first-order chi connectivity index (χ1) is 12.7. The highest BCUT2D eigenvalue weighted by molar-refractivity contribution is 6.16. The molecule has 0 atom stereocenters. The molecule has 138 valence electrons. The standard InChI is InChI=1S/C20H18FN3O3/c1-11-16(6-5-7-17(11)21)15-8-9-18-22-20(24(13(3)26)14(4)27)19(12(2)25)23(18)10-15/h5-10H,1-4H3. The Morgan fingerprint density at radius 2 is 1.70 bits per heavy atom. The van der Waals surface area contributed by atoms with Crippen LogP contribution in [0.3, 0.4) is 0 Å². The van der Waals surface area contributed by atoms with Crippen LogP contribution in [0.4, 0.5) is 10.2 Å². The van der Waals surface area contributed by atoms with Crippen molar-refractivity contribution in [1.82, 2.24) is 9.38 Å². The van der Waals surface area contributed by atoms with Gasteiger partial charge in [0.15, 0.2) is 11.6 Å². The molecule has 0 N–H and O–H groups in total. The maximum atomic E-state index is 13.9. The number of benzene rings is 1. The number of aromatic nitrogens is 2. The Bertz CT molecular complexity index is 1090. The van der Waals surface area contributed by atoms with Crippen LogP contribution < -0.4 is 4.90 Å². The number of fused-ring (bicyclic) bond motifs is 1. The van der Waals surface area contributed by atoms with Gasteiger partial charge in [-0.25, -0.2) is 14.3 Å². The third-order valence-electron chi connectivity index (χ3n) is 4.35. The molecule has 27 heavy (non-hydrogen) atoms. The normalized spacial score (nSPS) is 10.9. The van der Waals surface area contributed by atoms with E-state index in [1.807, 2.05) is 0 Å². The average Bonchev–Trinajstić information content (AvgIpc) is 2.94. The highest BCUT2D eigenvalue weighted by atomic mass is 19.1. The lowest BCUT2D eigenvalue weighted by Gasteiger charge is -2.15. The van der Waals surface area contributed by atoms with Crippen LogP contribution in [-0.2, 0) is 9.59 Å². The topological polar surface area (TPSA) is 71.8 Å². The predicted octanol–water partition coefficient (Wildman–Crippen LogP) is 3.55. The second kappa shape index (κ2) is 6.75. The van der Waals surface area contributed by atoms with E-state index in [1.165, 1.54) is 31.2 Å². The molecule has 3 aromatic rings. The van der Waals surface area contributed by atoms with Crippen LogP contribution >= 0.6 is 0 Å². The van der Waals surface area contributed by atoms with E-state index in [9.17, 15) is 18.8 Å². The van der Waals surface area contributed by atoms with Crippen LogP contribution in [0.1, 0.15) is 36.8 Å². The van der Waals surface area contributed by atoms with Gasteiger partial charge >= 0.3 is 0 Å². The van der Waals surface area contributed by atoms with Crippen molar-refractivity contribution < 1.29 is 18.8 Å². The largest absolute Gasteiger partial charge is 0.295 e. The number of imidazole rings is 1. The Labute approximate surface area is 155 Å². The summed E-state index contributed by atoms with van der Waals surface area (Å²) < 4.78 is 15.4. The maximum Gasteiger partial charge on any atom is 0.231 e. The van der Waals surface area contributed by atoms with Crippen LogP contribution in [0.5, 0.6) is 0 Å². The summed E-state index contributed by atoms with van der Waals surface area (Å²) in [6.07, 6.45) is 1.66. The van der Waals surface area contributed by atoms with E-state index in [4.69, 9.17) is 0 Å². The number of amides is 2. The minimum absolute atomic E-state index is 0.00406. The number of Topliss-reactive ketones (excluding diaryl/α,β-unsaturated/α-hetero) is 1. The van der Waals surface area contributed by atoms with Crippen molar-refractivity contribution in [3.8, 4) is 11.1 Å². The summed E-state index contributed by atoms with van der Waals surface area (Å²) in [4.78, 5) is 41.3. The number of hydrogen-bond donors (Lipinski definition) is 0. The first-order valence-electron chi connectivity index (χ1n) is 8.32. The van der Waals surface area contributed by atoms with Crippen LogP contribution in [0, 0.1) is 12.7 Å². The van der Waals surface area contributed by atoms with E-state index < -0.39 is 11.8 Å². The highest BCUT2D eigenvalue weighted by Crippen LogP contribution is 2.29. The summed E-state index contributed by atoms with van der Waals surface area (Å²) in [6.45, 7) is 5.48. The fourth-order valence-electron chi connectivity index (χ4n) is 3.11. The first-order valence-corrected chi connectivity index (χ1v) is 8.32. The lowest BCUT2D eigenvalue weighted by molar-refractivity contribution is -0.124. The van der Waals surface area contributed by atoms with Crippen molar-refractivity contribution in [2.45, 2.75) is 27.7 Å². The predicted molar refractivity (Wildman–Crippen MR) is 99.2 cm³/mol. The van der Waals surface area contributed by atoms with Gasteiger partial charge in [0, 0.05) is 27.0 Å². The molecule has 2 amide bonds. The summed E-state index contributed by atoms with van der Waals surface area (Å²) in [6, 6.07) is 8.19. The van der Waals surface area contributed by atoms with Crippen LogP contribution in [-0.4, -0.2) is 27.0 Å². The number of hydrogen-bond acceptors (Lipinski definition) is 4. The lowest BCUT2D eigenvalue weighted by Crippen LogP contribution is -2.34. The van der Waals surface area contributed by atoms with Gasteiger partial charge in [-0.15, -0.1) is 0 Å². The number of anilines is 1. The number of nitrogens with zero attached hydrogens (tertiary/aromatic N) is 3. The zero-order valence-corrected chi connectivity index (χ0v) is 15.4. The number of halogens is 1. The molecule has 0 unspecified atom stereocenters. The Balaban J connectivity index is 2.30.